The molecule has 0 saturated heterocycles. The van der Waals surface area contributed by atoms with Gasteiger partial charge in [0.25, 0.3) is 0 Å². The van der Waals surface area contributed by atoms with Crippen LogP contribution in [0.4, 0.5) is 0 Å². The summed E-state index contributed by atoms with van der Waals surface area (Å²) in [6, 6.07) is 0. The Morgan fingerprint density at radius 1 is 1.27 bits per heavy atom. The molecule has 0 aromatic heterocycles. The zero-order valence-electron chi connectivity index (χ0n) is 6.34. The molecule has 0 heterocycles. The van der Waals surface area contributed by atoms with Crippen molar-refractivity contribution < 1.29 is 54.5 Å². The van der Waals surface area contributed by atoms with Crippen LogP contribution in [-0.2, 0) is 14.4 Å². The van der Waals surface area contributed by atoms with Crippen molar-refractivity contribution in [1.29, 1.82) is 0 Å². The van der Waals surface area contributed by atoms with E-state index in [1.807, 2.05) is 0 Å². The molecule has 0 aliphatic rings. The van der Waals surface area contributed by atoms with Crippen molar-refractivity contribution in [3.8, 4) is 0 Å². The van der Waals surface area contributed by atoms with E-state index >= 15 is 0 Å². The number of carboxylic acids is 1. The standard InChI is InChI=1S/C5H6O4.Na.H2O/c1-3(6)2-4(7)5(8)9;;/h2H2,1H3,(H,8,9);;1H2/q;+1;/p-1. The maximum atomic E-state index is 10.1. The number of aliphatic carboxylic acids is 1. The number of hydrogen-bond donors (Lipinski definition) is 0. The van der Waals surface area contributed by atoms with Gasteiger partial charge in [-0.05, 0) is 6.92 Å². The van der Waals surface area contributed by atoms with Crippen LogP contribution in [0.2, 0.25) is 0 Å². The van der Waals surface area contributed by atoms with Gasteiger partial charge in [-0.1, -0.05) is 0 Å². The first-order valence-electron chi connectivity index (χ1n) is 2.27. The smallest absolute Gasteiger partial charge is 0.542 e. The minimum atomic E-state index is -1.80. The number of carboxylic acid groups (broad SMARTS) is 1. The van der Waals surface area contributed by atoms with Gasteiger partial charge in [-0.25, -0.2) is 0 Å². The van der Waals surface area contributed by atoms with Gasteiger partial charge in [0.15, 0.2) is 5.78 Å². The van der Waals surface area contributed by atoms with Gasteiger partial charge in [0.05, 0.1) is 6.42 Å². The van der Waals surface area contributed by atoms with Gasteiger partial charge in [-0.15, -0.1) is 0 Å². The summed E-state index contributed by atoms with van der Waals surface area (Å²) in [5.41, 5.74) is 0. The quantitative estimate of drug-likeness (QED) is 0.239. The summed E-state index contributed by atoms with van der Waals surface area (Å²) >= 11 is 0. The van der Waals surface area contributed by atoms with Crippen LogP contribution in [0.1, 0.15) is 13.3 Å². The molecule has 0 rings (SSSR count). The van der Waals surface area contributed by atoms with Gasteiger partial charge in [-0.2, -0.15) is 0 Å². The molecular weight excluding hydrogens is 163 g/mol. The normalized spacial score (nSPS) is 7.00. The molecule has 0 saturated carbocycles. The van der Waals surface area contributed by atoms with Gasteiger partial charge in [0.2, 0.25) is 0 Å². The number of rotatable bonds is 3. The summed E-state index contributed by atoms with van der Waals surface area (Å²) in [6.45, 7) is 1.14. The molecule has 0 spiro atoms. The van der Waals surface area contributed by atoms with Crippen LogP contribution < -0.4 is 34.7 Å². The van der Waals surface area contributed by atoms with E-state index in [2.05, 4.69) is 0 Å². The summed E-state index contributed by atoms with van der Waals surface area (Å²) in [5, 5.41) is 9.62. The summed E-state index contributed by atoms with van der Waals surface area (Å²) in [6.07, 6.45) is -0.567. The second-order valence-corrected chi connectivity index (χ2v) is 1.59. The molecule has 0 aliphatic carbocycles. The van der Waals surface area contributed by atoms with Crippen molar-refractivity contribution in [3.63, 3.8) is 0 Å². The van der Waals surface area contributed by atoms with Crippen molar-refractivity contribution in [2.45, 2.75) is 13.3 Å². The summed E-state index contributed by atoms with van der Waals surface area (Å²) < 4.78 is 0. The fourth-order valence-corrected chi connectivity index (χ4v) is 0.298. The molecule has 0 aromatic rings. The topological polar surface area (TPSA) is 106 Å². The van der Waals surface area contributed by atoms with Crippen LogP contribution in [0, 0.1) is 0 Å². The molecule has 0 amide bonds. The van der Waals surface area contributed by atoms with Crippen molar-refractivity contribution in [2.75, 3.05) is 0 Å². The SMILES string of the molecule is CC(=O)CC(=O)C(=O)[O-].O.[Na+]. The van der Waals surface area contributed by atoms with Gasteiger partial charge in [0, 0.05) is 0 Å². The van der Waals surface area contributed by atoms with Crippen LogP contribution in [-0.4, -0.2) is 23.0 Å². The first-order valence-corrected chi connectivity index (χ1v) is 2.27. The van der Waals surface area contributed by atoms with Crippen LogP contribution in [0.3, 0.4) is 0 Å². The van der Waals surface area contributed by atoms with E-state index in [9.17, 15) is 19.5 Å². The molecule has 0 aromatic carbocycles. The molecule has 0 aliphatic heterocycles. The first-order chi connectivity index (χ1) is 4.04. The van der Waals surface area contributed by atoms with E-state index < -0.39 is 24.0 Å². The molecule has 6 heteroatoms. The van der Waals surface area contributed by atoms with E-state index in [1.165, 1.54) is 0 Å². The van der Waals surface area contributed by atoms with E-state index in [1.54, 1.807) is 0 Å². The number of carbonyl (C=O) groups excluding carboxylic acids is 3. The molecule has 11 heavy (non-hydrogen) atoms. The third-order valence-corrected chi connectivity index (χ3v) is 0.637. The molecule has 2 N–H and O–H groups in total. The zero-order chi connectivity index (χ0) is 7.44. The average Bonchev–Trinajstić information content (AvgIpc) is 1.63. The largest absolute Gasteiger partial charge is 1.00 e. The number of carbonyl (C=O) groups is 3. The Bertz CT molecular complexity index is 164. The second-order valence-electron chi connectivity index (χ2n) is 1.59. The van der Waals surface area contributed by atoms with E-state index in [0.29, 0.717) is 0 Å². The maximum absolute atomic E-state index is 10.1. The van der Waals surface area contributed by atoms with Crippen molar-refractivity contribution in [1.82, 2.24) is 0 Å². The van der Waals surface area contributed by atoms with Crippen LogP contribution in [0.15, 0.2) is 0 Å². The Morgan fingerprint density at radius 2 is 1.64 bits per heavy atom. The first kappa shape index (κ1) is 17.0. The van der Waals surface area contributed by atoms with E-state index in [0.717, 1.165) is 6.92 Å². The molecule has 58 valence electrons. The van der Waals surface area contributed by atoms with Crippen LogP contribution in [0.5, 0.6) is 0 Å². The molecule has 0 fully saturated rings. The second kappa shape index (κ2) is 7.87. The Balaban J connectivity index is -0.000000320. The monoisotopic (exact) mass is 170 g/mol. The Labute approximate surface area is 85.4 Å². The van der Waals surface area contributed by atoms with Crippen molar-refractivity contribution in [2.24, 2.45) is 0 Å². The third kappa shape index (κ3) is 9.77. The Hall–Kier alpha value is -0.230. The fraction of sp³-hybridized carbons (Fsp3) is 0.400. The summed E-state index contributed by atoms with van der Waals surface area (Å²) in [5.74, 6) is -3.43. The summed E-state index contributed by atoms with van der Waals surface area (Å²) in [4.78, 5) is 29.7. The number of ketones is 2. The van der Waals surface area contributed by atoms with Gasteiger partial charge < -0.3 is 15.4 Å². The third-order valence-electron chi connectivity index (χ3n) is 0.637. The molecular formula is C5H7NaO5. The maximum Gasteiger partial charge on any atom is 1.00 e. The molecule has 0 bridgehead atoms. The minimum absolute atomic E-state index is 0. The minimum Gasteiger partial charge on any atom is -0.542 e. The molecule has 0 unspecified atom stereocenters. The predicted molar refractivity (Wildman–Crippen MR) is 28.9 cm³/mol. The molecule has 0 atom stereocenters. The number of hydrogen-bond acceptors (Lipinski definition) is 4. The van der Waals surface area contributed by atoms with Gasteiger partial charge in [-0.3, -0.25) is 9.59 Å². The van der Waals surface area contributed by atoms with Crippen molar-refractivity contribution >= 4 is 17.5 Å². The molecule has 5 nitrogen and oxygen atoms in total. The van der Waals surface area contributed by atoms with Gasteiger partial charge in [0.1, 0.15) is 11.8 Å². The predicted octanol–water partition coefficient (Wildman–Crippen LogP) is -5.54. The van der Waals surface area contributed by atoms with Crippen LogP contribution in [0.25, 0.3) is 0 Å². The fourth-order valence-electron chi connectivity index (χ4n) is 0.298. The molecule has 0 radical (unpaired) electrons. The zero-order valence-corrected chi connectivity index (χ0v) is 8.34. The van der Waals surface area contributed by atoms with Crippen LogP contribution >= 0.6 is 0 Å². The van der Waals surface area contributed by atoms with E-state index in [4.69, 9.17) is 0 Å². The number of Topliss-reactive ketones (excluding diaryl/α,β-unsaturated/α-hetero) is 2. The Kier molecular flexibility index (Phi) is 12.2. The Morgan fingerprint density at radius 3 is 1.73 bits per heavy atom. The van der Waals surface area contributed by atoms with E-state index in [-0.39, 0.29) is 35.0 Å². The average molecular weight is 170 g/mol. The van der Waals surface area contributed by atoms with Crippen molar-refractivity contribution in [3.05, 3.63) is 0 Å². The van der Waals surface area contributed by atoms with Gasteiger partial charge >= 0.3 is 29.6 Å². The summed E-state index contributed by atoms with van der Waals surface area (Å²) in [7, 11) is 0.